The third kappa shape index (κ3) is 4.35. The standard InChI is InChI=1S/C24H27N3O4/c1-15-8-6-7-9-18(15)24(5)21(30)27(22(31)26-24)14-19(28)16-10-12-17(13-11-16)25-20(29)23(2,3)4/h6-13H,14H2,1-5H3,(H,25,29)(H,26,31). The molecule has 7 heteroatoms. The van der Waals surface area contributed by atoms with Crippen molar-refractivity contribution in [3.8, 4) is 0 Å². The summed E-state index contributed by atoms with van der Waals surface area (Å²) < 4.78 is 0. The van der Waals surface area contributed by atoms with Crippen molar-refractivity contribution in [2.75, 3.05) is 11.9 Å². The maximum Gasteiger partial charge on any atom is 0.325 e. The highest BCUT2D eigenvalue weighted by molar-refractivity contribution is 6.11. The summed E-state index contributed by atoms with van der Waals surface area (Å²) in [5.74, 6) is -0.971. The van der Waals surface area contributed by atoms with Crippen LogP contribution >= 0.6 is 0 Å². The molecule has 1 fully saturated rings. The number of carbonyl (C=O) groups excluding carboxylic acids is 4. The number of anilines is 1. The molecule has 1 unspecified atom stereocenters. The Hall–Kier alpha value is -3.48. The minimum Gasteiger partial charge on any atom is -0.326 e. The summed E-state index contributed by atoms with van der Waals surface area (Å²) in [6.07, 6.45) is 0. The van der Waals surface area contributed by atoms with E-state index in [1.54, 1.807) is 43.3 Å². The molecule has 0 aliphatic carbocycles. The van der Waals surface area contributed by atoms with Crippen molar-refractivity contribution in [1.29, 1.82) is 0 Å². The minimum atomic E-state index is -1.22. The van der Waals surface area contributed by atoms with Gasteiger partial charge in [0.05, 0.1) is 6.54 Å². The van der Waals surface area contributed by atoms with Crippen LogP contribution in [-0.2, 0) is 15.1 Å². The number of ketones is 1. The lowest BCUT2D eigenvalue weighted by Crippen LogP contribution is -2.42. The molecule has 0 bridgehead atoms. The first kappa shape index (κ1) is 22.2. The zero-order valence-corrected chi connectivity index (χ0v) is 18.4. The monoisotopic (exact) mass is 421 g/mol. The predicted molar refractivity (Wildman–Crippen MR) is 118 cm³/mol. The first-order chi connectivity index (χ1) is 14.4. The van der Waals surface area contributed by atoms with Gasteiger partial charge in [-0.05, 0) is 49.2 Å². The van der Waals surface area contributed by atoms with Gasteiger partial charge in [0.15, 0.2) is 5.78 Å². The van der Waals surface area contributed by atoms with Gasteiger partial charge in [-0.3, -0.25) is 19.3 Å². The molecule has 0 saturated carbocycles. The van der Waals surface area contributed by atoms with Crippen molar-refractivity contribution in [1.82, 2.24) is 10.2 Å². The smallest absolute Gasteiger partial charge is 0.325 e. The fraction of sp³-hybridized carbons (Fsp3) is 0.333. The third-order valence-electron chi connectivity index (χ3n) is 5.41. The summed E-state index contributed by atoms with van der Waals surface area (Å²) >= 11 is 0. The lowest BCUT2D eigenvalue weighted by Gasteiger charge is -2.24. The number of benzene rings is 2. The van der Waals surface area contributed by atoms with Gasteiger partial charge in [0.1, 0.15) is 5.54 Å². The third-order valence-corrected chi connectivity index (χ3v) is 5.41. The molecule has 1 aliphatic rings. The second kappa shape index (κ2) is 7.98. The molecule has 2 N–H and O–H groups in total. The van der Waals surface area contributed by atoms with E-state index in [4.69, 9.17) is 0 Å². The van der Waals surface area contributed by atoms with E-state index < -0.39 is 22.9 Å². The fourth-order valence-corrected chi connectivity index (χ4v) is 3.45. The molecular formula is C24H27N3O4. The van der Waals surface area contributed by atoms with Gasteiger partial charge < -0.3 is 10.6 Å². The van der Waals surface area contributed by atoms with Crippen LogP contribution in [0.2, 0.25) is 0 Å². The fourth-order valence-electron chi connectivity index (χ4n) is 3.45. The van der Waals surface area contributed by atoms with Crippen molar-refractivity contribution in [2.45, 2.75) is 40.2 Å². The maximum atomic E-state index is 13.1. The van der Waals surface area contributed by atoms with E-state index in [2.05, 4.69) is 10.6 Å². The molecule has 1 saturated heterocycles. The number of nitrogens with zero attached hydrogens (tertiary/aromatic N) is 1. The first-order valence-electron chi connectivity index (χ1n) is 10.1. The zero-order valence-electron chi connectivity index (χ0n) is 18.4. The average molecular weight is 421 g/mol. The Kier molecular flexibility index (Phi) is 5.72. The Morgan fingerprint density at radius 3 is 2.23 bits per heavy atom. The highest BCUT2D eigenvalue weighted by Crippen LogP contribution is 2.31. The average Bonchev–Trinajstić information content (AvgIpc) is 2.91. The van der Waals surface area contributed by atoms with Crippen LogP contribution in [0.3, 0.4) is 0 Å². The van der Waals surface area contributed by atoms with Gasteiger partial charge in [-0.2, -0.15) is 0 Å². The van der Waals surface area contributed by atoms with Gasteiger partial charge >= 0.3 is 6.03 Å². The van der Waals surface area contributed by atoms with E-state index in [0.29, 0.717) is 16.8 Å². The Morgan fingerprint density at radius 1 is 1.03 bits per heavy atom. The predicted octanol–water partition coefficient (Wildman–Crippen LogP) is 3.63. The number of Topliss-reactive ketones (excluding diaryl/α,β-unsaturated/α-hetero) is 1. The van der Waals surface area contributed by atoms with E-state index in [0.717, 1.165) is 10.5 Å². The van der Waals surface area contributed by atoms with E-state index in [1.165, 1.54) is 0 Å². The number of nitrogens with one attached hydrogen (secondary N) is 2. The molecular weight excluding hydrogens is 394 g/mol. The lowest BCUT2D eigenvalue weighted by molar-refractivity contribution is -0.130. The van der Waals surface area contributed by atoms with Gasteiger partial charge in [0.2, 0.25) is 5.91 Å². The highest BCUT2D eigenvalue weighted by atomic mass is 16.2. The van der Waals surface area contributed by atoms with Gasteiger partial charge in [0, 0.05) is 16.7 Å². The van der Waals surface area contributed by atoms with E-state index in [1.807, 2.05) is 39.8 Å². The van der Waals surface area contributed by atoms with Crippen LogP contribution in [-0.4, -0.2) is 35.1 Å². The molecule has 0 radical (unpaired) electrons. The van der Waals surface area contributed by atoms with Crippen LogP contribution in [0.4, 0.5) is 10.5 Å². The molecule has 0 aromatic heterocycles. The Bertz CT molecular complexity index is 1050. The molecule has 7 nitrogen and oxygen atoms in total. The van der Waals surface area contributed by atoms with Crippen LogP contribution in [0.25, 0.3) is 0 Å². The number of imide groups is 1. The van der Waals surface area contributed by atoms with Crippen molar-refractivity contribution in [3.05, 3.63) is 65.2 Å². The molecule has 1 aliphatic heterocycles. The highest BCUT2D eigenvalue weighted by Gasteiger charge is 2.50. The van der Waals surface area contributed by atoms with Crippen molar-refractivity contribution in [3.63, 3.8) is 0 Å². The second-order valence-corrected chi connectivity index (χ2v) is 8.97. The normalized spacial score (nSPS) is 18.7. The van der Waals surface area contributed by atoms with Gasteiger partial charge in [0.25, 0.3) is 5.91 Å². The maximum absolute atomic E-state index is 13.1. The summed E-state index contributed by atoms with van der Waals surface area (Å²) in [5.41, 5.74) is 0.727. The Labute approximate surface area is 181 Å². The molecule has 3 rings (SSSR count). The molecule has 2 aromatic carbocycles. The minimum absolute atomic E-state index is 0.138. The first-order valence-corrected chi connectivity index (χ1v) is 10.1. The SMILES string of the molecule is Cc1ccccc1C1(C)NC(=O)N(CC(=O)c2ccc(NC(=O)C(C)(C)C)cc2)C1=O. The van der Waals surface area contributed by atoms with Crippen LogP contribution < -0.4 is 10.6 Å². The van der Waals surface area contributed by atoms with Gasteiger partial charge in [-0.25, -0.2) is 4.79 Å². The number of hydrogen-bond donors (Lipinski definition) is 2. The molecule has 31 heavy (non-hydrogen) atoms. The van der Waals surface area contributed by atoms with Crippen LogP contribution in [0.5, 0.6) is 0 Å². The molecule has 2 aromatic rings. The van der Waals surface area contributed by atoms with Gasteiger partial charge in [-0.15, -0.1) is 0 Å². The topological polar surface area (TPSA) is 95.6 Å². The second-order valence-electron chi connectivity index (χ2n) is 8.97. The summed E-state index contributed by atoms with van der Waals surface area (Å²) in [6, 6.07) is 13.1. The van der Waals surface area contributed by atoms with Gasteiger partial charge in [-0.1, -0.05) is 45.0 Å². The summed E-state index contributed by atoms with van der Waals surface area (Å²) in [5, 5.41) is 5.52. The molecule has 0 spiro atoms. The van der Waals surface area contributed by atoms with Crippen molar-refractivity contribution >= 4 is 29.3 Å². The number of aryl methyl sites for hydroxylation is 1. The Balaban J connectivity index is 1.73. The Morgan fingerprint density at radius 2 is 1.65 bits per heavy atom. The molecule has 1 heterocycles. The molecule has 4 amide bonds. The number of hydrogen-bond acceptors (Lipinski definition) is 4. The largest absolute Gasteiger partial charge is 0.326 e. The van der Waals surface area contributed by atoms with E-state index in [-0.39, 0.29) is 18.2 Å². The van der Waals surface area contributed by atoms with Crippen molar-refractivity contribution < 1.29 is 19.2 Å². The molecule has 1 atom stereocenters. The van der Waals surface area contributed by atoms with Crippen LogP contribution in [0, 0.1) is 12.3 Å². The van der Waals surface area contributed by atoms with E-state index in [9.17, 15) is 19.2 Å². The lowest BCUT2D eigenvalue weighted by atomic mass is 9.88. The summed E-state index contributed by atoms with van der Waals surface area (Å²) in [4.78, 5) is 51.4. The number of rotatable bonds is 5. The number of amides is 4. The van der Waals surface area contributed by atoms with Crippen LogP contribution in [0.15, 0.2) is 48.5 Å². The van der Waals surface area contributed by atoms with E-state index >= 15 is 0 Å². The van der Waals surface area contributed by atoms with Crippen LogP contribution in [0.1, 0.15) is 49.2 Å². The van der Waals surface area contributed by atoms with Crippen molar-refractivity contribution in [2.24, 2.45) is 5.41 Å². The summed E-state index contributed by atoms with van der Waals surface area (Å²) in [6.45, 7) is 8.58. The molecule has 162 valence electrons. The quantitative estimate of drug-likeness (QED) is 0.569. The summed E-state index contributed by atoms with van der Waals surface area (Å²) in [7, 11) is 0. The number of urea groups is 1. The zero-order chi connectivity index (χ0) is 23.0. The number of carbonyl (C=O) groups is 4.